The Morgan fingerprint density at radius 1 is 1.11 bits per heavy atom. The zero-order valence-corrected chi connectivity index (χ0v) is 21.6. The van der Waals surface area contributed by atoms with Crippen molar-refractivity contribution >= 4 is 27.5 Å². The third kappa shape index (κ3) is 4.97. The van der Waals surface area contributed by atoms with Gasteiger partial charge in [-0.3, -0.25) is 14.5 Å². The summed E-state index contributed by atoms with van der Waals surface area (Å²) in [5.41, 5.74) is -0.972. The molecule has 1 N–H and O–H groups in total. The molecule has 1 atom stereocenters. The smallest absolute Gasteiger partial charge is 0.247 e. The maximum absolute atomic E-state index is 14.5. The summed E-state index contributed by atoms with van der Waals surface area (Å²) in [4.78, 5) is 28.4. The van der Waals surface area contributed by atoms with Crippen molar-refractivity contribution in [1.29, 1.82) is 0 Å². The number of hydrogen-bond acceptors (Lipinski definition) is 5. The van der Waals surface area contributed by atoms with Crippen molar-refractivity contribution in [2.75, 3.05) is 25.1 Å². The molecule has 0 radical (unpaired) electrons. The Bertz CT molecular complexity index is 1240. The first-order chi connectivity index (χ1) is 17.1. The maximum atomic E-state index is 14.5. The molecule has 8 nitrogen and oxygen atoms in total. The molecule has 2 aliphatic rings. The minimum atomic E-state index is -4.10. The second kappa shape index (κ2) is 10.2. The van der Waals surface area contributed by atoms with Crippen LogP contribution in [0.3, 0.4) is 0 Å². The lowest BCUT2D eigenvalue weighted by Crippen LogP contribution is -2.70. The van der Waals surface area contributed by atoms with Crippen LogP contribution in [0.15, 0.2) is 47.4 Å². The molecule has 2 aromatic carbocycles. The molecule has 0 aromatic heterocycles. The van der Waals surface area contributed by atoms with Crippen molar-refractivity contribution in [1.82, 2.24) is 9.62 Å². The first-order valence-corrected chi connectivity index (χ1v) is 13.5. The molecule has 2 amide bonds. The maximum Gasteiger partial charge on any atom is 0.247 e. The van der Waals surface area contributed by atoms with E-state index in [9.17, 15) is 22.4 Å². The number of benzene rings is 2. The van der Waals surface area contributed by atoms with E-state index in [1.54, 1.807) is 13.0 Å². The molecule has 0 spiro atoms. The number of halogens is 1. The highest BCUT2D eigenvalue weighted by molar-refractivity contribution is 7.89. The van der Waals surface area contributed by atoms with Crippen LogP contribution in [0.1, 0.15) is 44.6 Å². The fourth-order valence-corrected chi connectivity index (χ4v) is 6.42. The number of aryl methyl sites for hydroxylation is 1. The van der Waals surface area contributed by atoms with Crippen LogP contribution in [0.2, 0.25) is 0 Å². The predicted molar refractivity (Wildman–Crippen MR) is 134 cm³/mol. The van der Waals surface area contributed by atoms with E-state index in [0.717, 1.165) is 36.4 Å². The summed E-state index contributed by atoms with van der Waals surface area (Å²) in [6, 6.07) is 10.1. The molecule has 0 bridgehead atoms. The molecule has 36 heavy (non-hydrogen) atoms. The topological polar surface area (TPSA) is 96.0 Å². The van der Waals surface area contributed by atoms with E-state index in [2.05, 4.69) is 5.32 Å². The van der Waals surface area contributed by atoms with E-state index in [-0.39, 0.29) is 23.2 Å². The summed E-state index contributed by atoms with van der Waals surface area (Å²) in [6.07, 6.45) is 4.73. The first-order valence-electron chi connectivity index (χ1n) is 12.1. The van der Waals surface area contributed by atoms with E-state index in [0.29, 0.717) is 11.3 Å². The fraction of sp³-hybridized carbons (Fsp3) is 0.462. The number of piperazine rings is 1. The predicted octanol–water partition coefficient (Wildman–Crippen LogP) is 3.39. The number of sulfonamides is 1. The highest BCUT2D eigenvalue weighted by Crippen LogP contribution is 2.34. The van der Waals surface area contributed by atoms with E-state index in [4.69, 9.17) is 4.74 Å². The summed E-state index contributed by atoms with van der Waals surface area (Å²) in [5, 5.41) is 3.04. The molecule has 2 fully saturated rings. The normalized spacial score (nSPS) is 21.9. The molecule has 194 valence electrons. The van der Waals surface area contributed by atoms with Crippen molar-refractivity contribution in [3.05, 3.63) is 53.8 Å². The SMILES string of the molecule is COc1ccc(S(=O)(=O)N2CC(=O)N(c3ccc(C)c(F)c3)[C@@](C)(C(=O)NC3CCCCC3)C2)cc1. The van der Waals surface area contributed by atoms with Gasteiger partial charge in [0.15, 0.2) is 0 Å². The molecule has 1 heterocycles. The summed E-state index contributed by atoms with van der Waals surface area (Å²) < 4.78 is 47.6. The van der Waals surface area contributed by atoms with Gasteiger partial charge in [0.2, 0.25) is 21.8 Å². The van der Waals surface area contributed by atoms with Crippen molar-refractivity contribution in [3.63, 3.8) is 0 Å². The average Bonchev–Trinajstić information content (AvgIpc) is 2.86. The lowest BCUT2D eigenvalue weighted by atomic mass is 9.91. The van der Waals surface area contributed by atoms with Crippen LogP contribution < -0.4 is 15.0 Å². The number of carbonyl (C=O) groups excluding carboxylic acids is 2. The van der Waals surface area contributed by atoms with Gasteiger partial charge in [0.1, 0.15) is 17.1 Å². The molecule has 1 aliphatic carbocycles. The van der Waals surface area contributed by atoms with Gasteiger partial charge in [0.05, 0.1) is 18.6 Å². The van der Waals surface area contributed by atoms with Crippen LogP contribution >= 0.6 is 0 Å². The Labute approximate surface area is 211 Å². The molecular formula is C26H32FN3O5S. The minimum absolute atomic E-state index is 0.0130. The first kappa shape index (κ1) is 26.1. The molecule has 1 saturated carbocycles. The minimum Gasteiger partial charge on any atom is -0.497 e. The number of anilines is 1. The fourth-order valence-electron chi connectivity index (χ4n) is 4.94. The van der Waals surface area contributed by atoms with Gasteiger partial charge in [-0.05, 0) is 68.7 Å². The molecule has 10 heteroatoms. The van der Waals surface area contributed by atoms with Gasteiger partial charge in [-0.15, -0.1) is 0 Å². The standard InChI is InChI=1S/C26H32FN3O5S/c1-18-9-10-20(15-23(18)27)30-24(31)16-29(36(33,34)22-13-11-21(35-3)12-14-22)17-26(30,2)25(32)28-19-7-5-4-6-8-19/h9-15,19H,4-8,16-17H2,1-3H3,(H,28,32)/t26-/m1/s1. The van der Waals surface area contributed by atoms with Gasteiger partial charge < -0.3 is 10.1 Å². The van der Waals surface area contributed by atoms with Gasteiger partial charge in [-0.1, -0.05) is 25.3 Å². The number of nitrogens with zero attached hydrogens (tertiary/aromatic N) is 2. The van der Waals surface area contributed by atoms with Crippen LogP contribution in [0.4, 0.5) is 10.1 Å². The summed E-state index contributed by atoms with van der Waals surface area (Å²) in [6.45, 7) is 2.39. The van der Waals surface area contributed by atoms with Gasteiger partial charge in [-0.25, -0.2) is 12.8 Å². The summed E-state index contributed by atoms with van der Waals surface area (Å²) >= 11 is 0. The van der Waals surface area contributed by atoms with Crippen LogP contribution in [0, 0.1) is 12.7 Å². The molecular weight excluding hydrogens is 485 g/mol. The van der Waals surface area contributed by atoms with Gasteiger partial charge in [0.25, 0.3) is 0 Å². The number of methoxy groups -OCH3 is 1. The molecule has 0 unspecified atom stereocenters. The van der Waals surface area contributed by atoms with Crippen LogP contribution in [-0.4, -0.2) is 56.3 Å². The van der Waals surface area contributed by atoms with Crippen LogP contribution in [-0.2, 0) is 19.6 Å². The van der Waals surface area contributed by atoms with Crippen molar-refractivity contribution in [3.8, 4) is 5.75 Å². The Morgan fingerprint density at radius 3 is 2.39 bits per heavy atom. The highest BCUT2D eigenvalue weighted by atomic mass is 32.2. The van der Waals surface area contributed by atoms with E-state index >= 15 is 0 Å². The quantitative estimate of drug-likeness (QED) is 0.634. The highest BCUT2D eigenvalue weighted by Gasteiger charge is 2.51. The van der Waals surface area contributed by atoms with Crippen LogP contribution in [0.5, 0.6) is 5.75 Å². The average molecular weight is 518 g/mol. The molecule has 4 rings (SSSR count). The van der Waals surface area contributed by atoms with Crippen molar-refractivity contribution < 1.29 is 27.1 Å². The van der Waals surface area contributed by atoms with E-state index < -0.39 is 39.7 Å². The molecule has 1 aliphatic heterocycles. The van der Waals surface area contributed by atoms with Crippen LogP contribution in [0.25, 0.3) is 0 Å². The molecule has 2 aromatic rings. The van der Waals surface area contributed by atoms with Crippen molar-refractivity contribution in [2.45, 2.75) is 62.4 Å². The number of hydrogen-bond donors (Lipinski definition) is 1. The Hall–Kier alpha value is -2.98. The van der Waals surface area contributed by atoms with Crippen molar-refractivity contribution in [2.24, 2.45) is 0 Å². The monoisotopic (exact) mass is 517 g/mol. The lowest BCUT2D eigenvalue weighted by molar-refractivity contribution is -0.133. The summed E-state index contributed by atoms with van der Waals surface area (Å²) in [5.74, 6) is -1.09. The number of ether oxygens (including phenoxy) is 1. The number of amides is 2. The second-order valence-electron chi connectivity index (χ2n) is 9.69. The largest absolute Gasteiger partial charge is 0.497 e. The number of nitrogens with one attached hydrogen (secondary N) is 1. The zero-order valence-electron chi connectivity index (χ0n) is 20.8. The zero-order chi connectivity index (χ0) is 26.1. The summed E-state index contributed by atoms with van der Waals surface area (Å²) in [7, 11) is -2.62. The Morgan fingerprint density at radius 2 is 1.78 bits per heavy atom. The van der Waals surface area contributed by atoms with E-state index in [1.165, 1.54) is 55.3 Å². The Kier molecular flexibility index (Phi) is 7.38. The van der Waals surface area contributed by atoms with Gasteiger partial charge >= 0.3 is 0 Å². The Balaban J connectivity index is 1.72. The number of rotatable bonds is 6. The number of carbonyl (C=O) groups is 2. The lowest BCUT2D eigenvalue weighted by Gasteiger charge is -2.47. The second-order valence-corrected chi connectivity index (χ2v) is 11.6. The van der Waals surface area contributed by atoms with Gasteiger partial charge in [-0.2, -0.15) is 4.31 Å². The molecule has 1 saturated heterocycles. The third-order valence-corrected chi connectivity index (χ3v) is 8.89. The van der Waals surface area contributed by atoms with Gasteiger partial charge in [0, 0.05) is 18.3 Å². The van der Waals surface area contributed by atoms with E-state index in [1.807, 2.05) is 0 Å². The third-order valence-electron chi connectivity index (χ3n) is 7.08.